The van der Waals surface area contributed by atoms with E-state index in [-0.39, 0.29) is 6.04 Å². The largest absolute Gasteiger partial charge is 0.481 e. The minimum absolute atomic E-state index is 0.260. The molecule has 0 aliphatic rings. The quantitative estimate of drug-likeness (QED) is 0.809. The molecule has 0 spiro atoms. The highest BCUT2D eigenvalue weighted by molar-refractivity contribution is 5.16. The Hall–Kier alpha value is -1.16. The molecule has 0 fully saturated rings. The molecule has 18 heavy (non-hydrogen) atoms. The van der Waals surface area contributed by atoms with Crippen LogP contribution in [0.25, 0.3) is 0 Å². The maximum absolute atomic E-state index is 5.14. The lowest BCUT2D eigenvalue weighted by atomic mass is 9.91. The zero-order chi connectivity index (χ0) is 13.5. The van der Waals surface area contributed by atoms with E-state index in [0.29, 0.717) is 11.8 Å². The van der Waals surface area contributed by atoms with Gasteiger partial charge in [-0.1, -0.05) is 20.8 Å². The molecule has 4 nitrogen and oxygen atoms in total. The van der Waals surface area contributed by atoms with Crippen LogP contribution >= 0.6 is 0 Å². The first-order chi connectivity index (χ1) is 8.56. The van der Waals surface area contributed by atoms with Gasteiger partial charge in [0.15, 0.2) is 0 Å². The van der Waals surface area contributed by atoms with Gasteiger partial charge in [0.1, 0.15) is 6.33 Å². The lowest BCUT2D eigenvalue weighted by Crippen LogP contribution is -2.21. The summed E-state index contributed by atoms with van der Waals surface area (Å²) in [6.45, 7) is 6.82. The van der Waals surface area contributed by atoms with Crippen LogP contribution in [0.15, 0.2) is 12.4 Å². The molecular formula is C14H25N3O. The molecule has 0 saturated carbocycles. The zero-order valence-electron chi connectivity index (χ0n) is 12.1. The first kappa shape index (κ1) is 14.9. The topological polar surface area (TPSA) is 47.0 Å². The Balaban J connectivity index is 2.70. The smallest absolute Gasteiger partial charge is 0.216 e. The summed E-state index contributed by atoms with van der Waals surface area (Å²) in [4.78, 5) is 8.38. The second kappa shape index (κ2) is 7.31. The first-order valence-electron chi connectivity index (χ1n) is 6.60. The molecule has 1 rings (SSSR count). The number of ether oxygens (including phenoxy) is 1. The van der Waals surface area contributed by atoms with E-state index >= 15 is 0 Å². The summed E-state index contributed by atoms with van der Waals surface area (Å²) < 4.78 is 5.14. The molecule has 0 aliphatic heterocycles. The van der Waals surface area contributed by atoms with Crippen molar-refractivity contribution in [3.63, 3.8) is 0 Å². The highest BCUT2D eigenvalue weighted by Crippen LogP contribution is 2.24. The molecule has 0 radical (unpaired) electrons. The fourth-order valence-electron chi connectivity index (χ4n) is 2.35. The zero-order valence-corrected chi connectivity index (χ0v) is 12.1. The second-order valence-corrected chi connectivity index (χ2v) is 5.30. The van der Waals surface area contributed by atoms with Crippen molar-refractivity contribution in [3.8, 4) is 5.88 Å². The molecule has 0 amide bonds. The van der Waals surface area contributed by atoms with Gasteiger partial charge < -0.3 is 10.1 Å². The van der Waals surface area contributed by atoms with Crippen molar-refractivity contribution in [1.29, 1.82) is 0 Å². The minimum Gasteiger partial charge on any atom is -0.481 e. The molecule has 1 aromatic heterocycles. The van der Waals surface area contributed by atoms with E-state index in [1.165, 1.54) is 6.42 Å². The molecule has 0 aromatic carbocycles. The summed E-state index contributed by atoms with van der Waals surface area (Å²) in [5, 5.41) is 3.33. The molecule has 0 bridgehead atoms. The summed E-state index contributed by atoms with van der Waals surface area (Å²) in [5.74, 6) is 2.03. The van der Waals surface area contributed by atoms with E-state index in [1.807, 2.05) is 13.1 Å². The van der Waals surface area contributed by atoms with Crippen molar-refractivity contribution in [1.82, 2.24) is 15.3 Å². The number of aromatic nitrogens is 2. The fraction of sp³-hybridized carbons (Fsp3) is 0.714. The fourth-order valence-corrected chi connectivity index (χ4v) is 2.35. The van der Waals surface area contributed by atoms with Crippen molar-refractivity contribution in [2.45, 2.75) is 39.7 Å². The molecule has 2 atom stereocenters. The van der Waals surface area contributed by atoms with Gasteiger partial charge in [0.25, 0.3) is 0 Å². The number of hydrogen-bond donors (Lipinski definition) is 1. The van der Waals surface area contributed by atoms with Gasteiger partial charge in [0, 0.05) is 12.1 Å². The average molecular weight is 251 g/mol. The third kappa shape index (κ3) is 4.61. The number of methoxy groups -OCH3 is 1. The molecule has 4 heteroatoms. The van der Waals surface area contributed by atoms with E-state index in [0.717, 1.165) is 18.0 Å². The Bertz CT molecular complexity index is 355. The van der Waals surface area contributed by atoms with Gasteiger partial charge >= 0.3 is 0 Å². The number of nitrogens with zero attached hydrogens (tertiary/aromatic N) is 2. The predicted octanol–water partition coefficient (Wildman–Crippen LogP) is 2.82. The van der Waals surface area contributed by atoms with Crippen molar-refractivity contribution < 1.29 is 4.74 Å². The SMILES string of the molecule is CNC(CC(C)CC(C)C)c1cc(OC)ncn1. The van der Waals surface area contributed by atoms with Gasteiger partial charge in [0.2, 0.25) is 5.88 Å². The van der Waals surface area contributed by atoms with E-state index in [9.17, 15) is 0 Å². The summed E-state index contributed by atoms with van der Waals surface area (Å²) in [6.07, 6.45) is 3.88. The van der Waals surface area contributed by atoms with Crippen LogP contribution in [0.3, 0.4) is 0 Å². The Kier molecular flexibility index (Phi) is 6.05. The summed E-state index contributed by atoms with van der Waals surface area (Å²) in [7, 11) is 3.60. The van der Waals surface area contributed by atoms with E-state index < -0.39 is 0 Å². The molecule has 1 N–H and O–H groups in total. The van der Waals surface area contributed by atoms with Crippen LogP contribution < -0.4 is 10.1 Å². The highest BCUT2D eigenvalue weighted by Gasteiger charge is 2.16. The molecule has 1 heterocycles. The summed E-state index contributed by atoms with van der Waals surface area (Å²) in [6, 6.07) is 2.17. The minimum atomic E-state index is 0.260. The van der Waals surface area contributed by atoms with Gasteiger partial charge in [-0.3, -0.25) is 0 Å². The standard InChI is InChI=1S/C14H25N3O/c1-10(2)6-11(3)7-12(15-4)13-8-14(18-5)17-9-16-13/h8-12,15H,6-7H2,1-5H3. The van der Waals surface area contributed by atoms with Crippen LogP contribution in [-0.4, -0.2) is 24.1 Å². The lowest BCUT2D eigenvalue weighted by Gasteiger charge is -2.21. The third-order valence-corrected chi connectivity index (χ3v) is 3.09. The predicted molar refractivity (Wildman–Crippen MR) is 73.6 cm³/mol. The van der Waals surface area contributed by atoms with E-state index in [2.05, 4.69) is 36.1 Å². The number of hydrogen-bond acceptors (Lipinski definition) is 4. The van der Waals surface area contributed by atoms with Crippen molar-refractivity contribution in [3.05, 3.63) is 18.1 Å². The molecule has 1 aromatic rings. The van der Waals surface area contributed by atoms with Crippen molar-refractivity contribution in [2.75, 3.05) is 14.2 Å². The van der Waals surface area contributed by atoms with Gasteiger partial charge in [-0.05, 0) is 31.7 Å². The van der Waals surface area contributed by atoms with Crippen LogP contribution in [-0.2, 0) is 0 Å². The summed E-state index contributed by atoms with van der Waals surface area (Å²) in [5.41, 5.74) is 1.000. The third-order valence-electron chi connectivity index (χ3n) is 3.09. The maximum atomic E-state index is 5.14. The molecule has 2 unspecified atom stereocenters. The van der Waals surface area contributed by atoms with Gasteiger partial charge in [-0.25, -0.2) is 9.97 Å². The summed E-state index contributed by atoms with van der Waals surface area (Å²) >= 11 is 0. The first-order valence-corrected chi connectivity index (χ1v) is 6.60. The second-order valence-electron chi connectivity index (χ2n) is 5.30. The highest BCUT2D eigenvalue weighted by atomic mass is 16.5. The van der Waals surface area contributed by atoms with E-state index in [4.69, 9.17) is 4.74 Å². The van der Waals surface area contributed by atoms with Crippen LogP contribution in [0.1, 0.15) is 45.3 Å². The van der Waals surface area contributed by atoms with Crippen LogP contribution in [0.4, 0.5) is 0 Å². The van der Waals surface area contributed by atoms with Crippen molar-refractivity contribution >= 4 is 0 Å². The van der Waals surface area contributed by atoms with E-state index in [1.54, 1.807) is 13.4 Å². The Labute approximate surface area is 110 Å². The van der Waals surface area contributed by atoms with Gasteiger partial charge in [-0.2, -0.15) is 0 Å². The monoisotopic (exact) mass is 251 g/mol. The van der Waals surface area contributed by atoms with Gasteiger partial charge in [-0.15, -0.1) is 0 Å². The maximum Gasteiger partial charge on any atom is 0.216 e. The number of nitrogens with one attached hydrogen (secondary N) is 1. The van der Waals surface area contributed by atoms with Crippen molar-refractivity contribution in [2.24, 2.45) is 11.8 Å². The normalized spacial score (nSPS) is 14.6. The van der Waals surface area contributed by atoms with Crippen LogP contribution in [0, 0.1) is 11.8 Å². The Morgan fingerprint density at radius 2 is 1.94 bits per heavy atom. The molecule has 102 valence electrons. The van der Waals surface area contributed by atoms with Gasteiger partial charge in [0.05, 0.1) is 12.8 Å². The van der Waals surface area contributed by atoms with Crippen LogP contribution in [0.5, 0.6) is 5.88 Å². The Morgan fingerprint density at radius 1 is 1.22 bits per heavy atom. The Morgan fingerprint density at radius 3 is 2.50 bits per heavy atom. The molecule has 0 aliphatic carbocycles. The molecule has 0 saturated heterocycles. The molecular weight excluding hydrogens is 226 g/mol. The lowest BCUT2D eigenvalue weighted by molar-refractivity contribution is 0.359. The average Bonchev–Trinajstić information content (AvgIpc) is 2.35. The number of rotatable bonds is 7. The van der Waals surface area contributed by atoms with Crippen LogP contribution in [0.2, 0.25) is 0 Å².